The van der Waals surface area contributed by atoms with Crippen molar-refractivity contribution in [2.75, 3.05) is 5.32 Å². The quantitative estimate of drug-likeness (QED) is 0.845. The molecule has 3 N–H and O–H groups in total. The molecule has 0 heterocycles. The Balaban J connectivity index is 1.88. The van der Waals surface area contributed by atoms with Crippen LogP contribution in [-0.4, -0.2) is 18.2 Å². The summed E-state index contributed by atoms with van der Waals surface area (Å²) in [6, 6.07) is 7.60. The molecule has 4 nitrogen and oxygen atoms in total. The number of hydrogen-bond donors (Lipinski definition) is 2. The van der Waals surface area contributed by atoms with Crippen LogP contribution in [-0.2, 0) is 4.74 Å². The average molecular weight is 248 g/mol. The van der Waals surface area contributed by atoms with E-state index in [1.54, 1.807) is 0 Å². The van der Waals surface area contributed by atoms with Gasteiger partial charge in [0.1, 0.15) is 6.10 Å². The number of hydrogen-bond acceptors (Lipinski definition) is 3. The molecule has 1 aliphatic carbocycles. The van der Waals surface area contributed by atoms with Crippen LogP contribution in [0.2, 0.25) is 0 Å². The van der Waals surface area contributed by atoms with E-state index in [0.717, 1.165) is 36.9 Å². The van der Waals surface area contributed by atoms with E-state index >= 15 is 0 Å². The maximum Gasteiger partial charge on any atom is 0.411 e. The van der Waals surface area contributed by atoms with E-state index in [1.165, 1.54) is 0 Å². The summed E-state index contributed by atoms with van der Waals surface area (Å²) in [6.07, 6.45) is 3.44. The van der Waals surface area contributed by atoms with E-state index in [9.17, 15) is 4.79 Å². The molecular formula is C14H20N2O2. The van der Waals surface area contributed by atoms with Gasteiger partial charge in [-0.3, -0.25) is 5.32 Å². The molecule has 1 aromatic carbocycles. The molecule has 2 unspecified atom stereocenters. The van der Waals surface area contributed by atoms with E-state index in [4.69, 9.17) is 10.5 Å². The first kappa shape index (κ1) is 12.9. The zero-order valence-electron chi connectivity index (χ0n) is 10.7. The zero-order chi connectivity index (χ0) is 13.0. The van der Waals surface area contributed by atoms with Gasteiger partial charge in [0.05, 0.1) is 0 Å². The van der Waals surface area contributed by atoms with Crippen LogP contribution in [0.5, 0.6) is 0 Å². The number of benzene rings is 1. The lowest BCUT2D eigenvalue weighted by atomic mass is 9.93. The van der Waals surface area contributed by atoms with E-state index < -0.39 is 6.09 Å². The van der Waals surface area contributed by atoms with E-state index in [1.807, 2.05) is 31.2 Å². The Labute approximate surface area is 108 Å². The zero-order valence-corrected chi connectivity index (χ0v) is 10.7. The van der Waals surface area contributed by atoms with E-state index in [0.29, 0.717) is 0 Å². The average Bonchev–Trinajstić information content (AvgIpc) is 2.32. The third kappa shape index (κ3) is 3.47. The molecule has 1 amide bonds. The van der Waals surface area contributed by atoms with Crippen molar-refractivity contribution in [3.63, 3.8) is 0 Å². The topological polar surface area (TPSA) is 64.3 Å². The highest BCUT2D eigenvalue weighted by Gasteiger charge is 2.25. The largest absolute Gasteiger partial charge is 0.444 e. The van der Waals surface area contributed by atoms with Crippen LogP contribution >= 0.6 is 0 Å². The number of nitrogens with one attached hydrogen (secondary N) is 1. The number of carbonyl (C=O) groups is 1. The van der Waals surface area contributed by atoms with Gasteiger partial charge in [-0.25, -0.2) is 4.79 Å². The number of amides is 1. The van der Waals surface area contributed by atoms with Crippen molar-refractivity contribution in [3.05, 3.63) is 29.8 Å². The van der Waals surface area contributed by atoms with Gasteiger partial charge in [-0.2, -0.15) is 0 Å². The summed E-state index contributed by atoms with van der Waals surface area (Å²) in [4.78, 5) is 11.7. The molecule has 0 aliphatic heterocycles. The minimum atomic E-state index is -0.414. The van der Waals surface area contributed by atoms with Crippen LogP contribution in [0, 0.1) is 6.92 Å². The fourth-order valence-corrected chi connectivity index (χ4v) is 2.28. The van der Waals surface area contributed by atoms with Crippen molar-refractivity contribution in [1.82, 2.24) is 0 Å². The molecule has 1 aliphatic rings. The maximum atomic E-state index is 11.7. The Morgan fingerprint density at radius 1 is 1.39 bits per heavy atom. The predicted molar refractivity (Wildman–Crippen MR) is 71.5 cm³/mol. The number of aryl methyl sites for hydroxylation is 1. The third-order valence-electron chi connectivity index (χ3n) is 3.28. The normalized spacial score (nSPS) is 23.4. The van der Waals surface area contributed by atoms with Crippen molar-refractivity contribution in [3.8, 4) is 0 Å². The summed E-state index contributed by atoms with van der Waals surface area (Å²) < 4.78 is 5.37. The van der Waals surface area contributed by atoms with Gasteiger partial charge in [0.15, 0.2) is 0 Å². The van der Waals surface area contributed by atoms with Crippen molar-refractivity contribution in [2.45, 2.75) is 44.8 Å². The molecule has 0 bridgehead atoms. The second kappa shape index (κ2) is 5.87. The summed E-state index contributed by atoms with van der Waals surface area (Å²) in [5.74, 6) is 0. The van der Waals surface area contributed by atoms with Crippen molar-refractivity contribution >= 4 is 11.8 Å². The van der Waals surface area contributed by atoms with Crippen LogP contribution in [0.1, 0.15) is 31.2 Å². The Kier molecular flexibility index (Phi) is 4.20. The van der Waals surface area contributed by atoms with Crippen LogP contribution in [0.4, 0.5) is 10.5 Å². The second-order valence-corrected chi connectivity index (χ2v) is 4.89. The van der Waals surface area contributed by atoms with Gasteiger partial charge in [-0.05, 0) is 43.9 Å². The van der Waals surface area contributed by atoms with Crippen molar-refractivity contribution in [1.29, 1.82) is 0 Å². The molecule has 2 atom stereocenters. The number of ether oxygens (including phenoxy) is 1. The Morgan fingerprint density at radius 2 is 2.17 bits per heavy atom. The van der Waals surface area contributed by atoms with Crippen LogP contribution < -0.4 is 11.1 Å². The lowest BCUT2D eigenvalue weighted by molar-refractivity contribution is 0.0728. The standard InChI is InChI=1S/C14H20N2O2/c1-10-5-4-6-11(9-10)16-14(17)18-13-8-3-2-7-12(13)15/h4-6,9,12-13H,2-3,7-8,15H2,1H3,(H,16,17). The molecule has 98 valence electrons. The molecule has 4 heteroatoms. The van der Waals surface area contributed by atoms with Crippen LogP contribution in [0.15, 0.2) is 24.3 Å². The number of carbonyl (C=O) groups excluding carboxylic acids is 1. The fraction of sp³-hybridized carbons (Fsp3) is 0.500. The Hall–Kier alpha value is -1.55. The molecule has 0 saturated heterocycles. The SMILES string of the molecule is Cc1cccc(NC(=O)OC2CCCCC2N)c1. The van der Waals surface area contributed by atoms with Crippen LogP contribution in [0.3, 0.4) is 0 Å². The lowest BCUT2D eigenvalue weighted by Gasteiger charge is -2.28. The number of anilines is 1. The summed E-state index contributed by atoms with van der Waals surface area (Å²) in [5.41, 5.74) is 7.79. The smallest absolute Gasteiger partial charge is 0.411 e. The molecule has 0 radical (unpaired) electrons. The third-order valence-corrected chi connectivity index (χ3v) is 3.28. The lowest BCUT2D eigenvalue weighted by Crippen LogP contribution is -2.41. The number of nitrogens with two attached hydrogens (primary N) is 1. The molecule has 1 saturated carbocycles. The number of rotatable bonds is 2. The van der Waals surface area contributed by atoms with Gasteiger partial charge in [-0.1, -0.05) is 18.6 Å². The molecule has 1 aromatic rings. The summed E-state index contributed by atoms with van der Waals surface area (Å²) in [6.45, 7) is 1.98. The van der Waals surface area contributed by atoms with E-state index in [2.05, 4.69) is 5.32 Å². The first-order valence-corrected chi connectivity index (χ1v) is 6.45. The highest BCUT2D eigenvalue weighted by Crippen LogP contribution is 2.20. The summed E-state index contributed by atoms with van der Waals surface area (Å²) in [5, 5.41) is 2.73. The van der Waals surface area contributed by atoms with Crippen molar-refractivity contribution < 1.29 is 9.53 Å². The molecule has 18 heavy (non-hydrogen) atoms. The van der Waals surface area contributed by atoms with E-state index in [-0.39, 0.29) is 12.1 Å². The van der Waals surface area contributed by atoms with Gasteiger partial charge < -0.3 is 10.5 Å². The maximum absolute atomic E-state index is 11.7. The monoisotopic (exact) mass is 248 g/mol. The Bertz CT molecular complexity index is 420. The Morgan fingerprint density at radius 3 is 2.89 bits per heavy atom. The highest BCUT2D eigenvalue weighted by atomic mass is 16.6. The molecular weight excluding hydrogens is 228 g/mol. The second-order valence-electron chi connectivity index (χ2n) is 4.89. The first-order chi connectivity index (χ1) is 8.65. The minimum Gasteiger partial charge on any atom is -0.444 e. The summed E-state index contributed by atoms with van der Waals surface area (Å²) in [7, 11) is 0. The van der Waals surface area contributed by atoms with Crippen molar-refractivity contribution in [2.24, 2.45) is 5.73 Å². The van der Waals surface area contributed by atoms with Gasteiger partial charge >= 0.3 is 6.09 Å². The van der Waals surface area contributed by atoms with Crippen LogP contribution in [0.25, 0.3) is 0 Å². The van der Waals surface area contributed by atoms with Gasteiger partial charge in [-0.15, -0.1) is 0 Å². The van der Waals surface area contributed by atoms with Gasteiger partial charge in [0, 0.05) is 11.7 Å². The first-order valence-electron chi connectivity index (χ1n) is 6.45. The minimum absolute atomic E-state index is 0.0259. The molecule has 1 fully saturated rings. The van der Waals surface area contributed by atoms with Gasteiger partial charge in [0.2, 0.25) is 0 Å². The highest BCUT2D eigenvalue weighted by molar-refractivity contribution is 5.84. The molecule has 0 aromatic heterocycles. The summed E-state index contributed by atoms with van der Waals surface area (Å²) >= 11 is 0. The predicted octanol–water partition coefficient (Wildman–Crippen LogP) is 2.81. The fourth-order valence-electron chi connectivity index (χ4n) is 2.28. The molecule has 2 rings (SSSR count). The van der Waals surface area contributed by atoms with Gasteiger partial charge in [0.25, 0.3) is 0 Å². The molecule has 0 spiro atoms.